The number of hydrogen-bond donors (Lipinski definition) is 1. The molecule has 1 unspecified atom stereocenters. The normalized spacial score (nSPS) is 24.3. The number of nitrogens with zero attached hydrogens (tertiary/aromatic N) is 1. The van der Waals surface area contributed by atoms with Crippen molar-refractivity contribution in [1.29, 1.82) is 0 Å². The molecular formula is C18H20FIN2O2S. The number of halogens is 2. The van der Waals surface area contributed by atoms with Gasteiger partial charge in [0.05, 0.1) is 0 Å². The van der Waals surface area contributed by atoms with E-state index in [4.69, 9.17) is 3.07 Å². The Hall–Kier alpha value is -1.19. The van der Waals surface area contributed by atoms with Gasteiger partial charge < -0.3 is 0 Å². The van der Waals surface area contributed by atoms with Gasteiger partial charge in [-0.05, 0) is 0 Å². The maximum atomic E-state index is 13.6. The molecule has 1 aromatic carbocycles. The standard InChI is InChI=1S/C18H20FIN2O2S/c1-22-13-5-6-14(22)11-20(10-13)24-18(23)21-16-7-4-12(19)9-15(16)17-3-2-8-25-17/h2-4,7-9,13-14H,5-6,10-11H2,1H3,(H,21,23)/t13-,14?/m1/s1. The van der Waals surface area contributed by atoms with Crippen molar-refractivity contribution in [2.45, 2.75) is 24.9 Å². The van der Waals surface area contributed by atoms with Gasteiger partial charge in [-0.15, -0.1) is 0 Å². The van der Waals surface area contributed by atoms with Crippen LogP contribution >= 0.6 is 31.6 Å². The van der Waals surface area contributed by atoms with Gasteiger partial charge in [-0.3, -0.25) is 0 Å². The van der Waals surface area contributed by atoms with Crippen molar-refractivity contribution >= 4 is 43.4 Å². The molecule has 4 nitrogen and oxygen atoms in total. The van der Waals surface area contributed by atoms with Crippen LogP contribution in [0.2, 0.25) is 0 Å². The van der Waals surface area contributed by atoms with Gasteiger partial charge in [0, 0.05) is 0 Å². The summed E-state index contributed by atoms with van der Waals surface area (Å²) in [5, 5.41) is 4.77. The van der Waals surface area contributed by atoms with Crippen LogP contribution in [-0.4, -0.2) is 39.0 Å². The number of fused-ring (bicyclic) bond motifs is 2. The zero-order chi connectivity index (χ0) is 17.4. The molecule has 0 spiro atoms. The number of alkyl halides is 2. The first-order valence-corrected chi connectivity index (χ1v) is 13.1. The molecule has 1 amide bonds. The summed E-state index contributed by atoms with van der Waals surface area (Å²) in [4.78, 5) is 15.8. The van der Waals surface area contributed by atoms with Crippen LogP contribution in [0.3, 0.4) is 0 Å². The van der Waals surface area contributed by atoms with E-state index >= 15 is 0 Å². The molecule has 0 radical (unpaired) electrons. The maximum absolute atomic E-state index is 13.6. The number of thiophene rings is 1. The van der Waals surface area contributed by atoms with Crippen LogP contribution in [0.25, 0.3) is 10.4 Å². The Balaban J connectivity index is 1.45. The monoisotopic (exact) mass is 474 g/mol. The molecule has 2 aromatic rings. The van der Waals surface area contributed by atoms with Gasteiger partial charge in [-0.2, -0.15) is 0 Å². The molecule has 1 N–H and O–H groups in total. The van der Waals surface area contributed by atoms with Crippen molar-refractivity contribution in [3.63, 3.8) is 0 Å². The average molecular weight is 474 g/mol. The second kappa shape index (κ2) is 7.20. The van der Waals surface area contributed by atoms with E-state index < -0.39 is 26.3 Å². The van der Waals surface area contributed by atoms with Gasteiger partial charge in [-0.1, -0.05) is 0 Å². The van der Waals surface area contributed by atoms with Crippen LogP contribution in [-0.2, 0) is 3.07 Å². The molecule has 2 bridgehead atoms. The molecule has 2 aliphatic heterocycles. The third kappa shape index (κ3) is 3.68. The molecule has 2 saturated heterocycles. The Labute approximate surface area is 158 Å². The molecule has 2 fully saturated rings. The van der Waals surface area contributed by atoms with Crippen LogP contribution in [0.15, 0.2) is 35.7 Å². The number of nitrogens with one attached hydrogen (secondary N) is 1. The van der Waals surface area contributed by atoms with E-state index in [0.717, 1.165) is 13.7 Å². The van der Waals surface area contributed by atoms with Gasteiger partial charge in [0.2, 0.25) is 0 Å². The van der Waals surface area contributed by atoms with Gasteiger partial charge >= 0.3 is 159 Å². The minimum absolute atomic E-state index is 0.315. The molecule has 0 aliphatic carbocycles. The van der Waals surface area contributed by atoms with Crippen LogP contribution in [0.5, 0.6) is 0 Å². The van der Waals surface area contributed by atoms with Gasteiger partial charge in [-0.25, -0.2) is 0 Å². The summed E-state index contributed by atoms with van der Waals surface area (Å²) in [7, 11) is 2.18. The molecule has 0 saturated carbocycles. The van der Waals surface area contributed by atoms with Gasteiger partial charge in [0.1, 0.15) is 0 Å². The average Bonchev–Trinajstić information content (AvgIpc) is 3.16. The molecule has 4 rings (SSSR count). The van der Waals surface area contributed by atoms with Crippen molar-refractivity contribution in [1.82, 2.24) is 4.90 Å². The summed E-state index contributed by atoms with van der Waals surface area (Å²) in [6.45, 7) is 0. The van der Waals surface area contributed by atoms with Crippen molar-refractivity contribution < 1.29 is 12.3 Å². The molecule has 1 aromatic heterocycles. The number of hydrogen-bond acceptors (Lipinski definition) is 4. The summed E-state index contributed by atoms with van der Waals surface area (Å²) in [5.74, 6) is -0.315. The zero-order valence-electron chi connectivity index (χ0n) is 13.9. The first-order valence-electron chi connectivity index (χ1n) is 8.27. The number of carbonyl (C=O) groups excluding carboxylic acids is 1. The Bertz CT molecular complexity index is 756. The third-order valence-corrected chi connectivity index (χ3v) is 10.8. The molecule has 3 heterocycles. The van der Waals surface area contributed by atoms with Crippen LogP contribution < -0.4 is 5.32 Å². The van der Waals surface area contributed by atoms with Crippen LogP contribution in [0.1, 0.15) is 12.8 Å². The summed E-state index contributed by atoms with van der Waals surface area (Å²) in [6.07, 6.45) is 2.06. The second-order valence-corrected chi connectivity index (χ2v) is 11.9. The molecule has 7 heteroatoms. The molecule has 2 aliphatic rings. The number of rotatable bonds is 3. The minimum atomic E-state index is -1.72. The summed E-state index contributed by atoms with van der Waals surface area (Å²) in [6, 6.07) is 9.43. The SMILES string of the molecule is CN1C2CC[C@@H]1CI(OC(=O)Nc1ccc(F)cc1-c1cccs1)C2. The number of benzene rings is 1. The van der Waals surface area contributed by atoms with Crippen molar-refractivity contribution in [3.05, 3.63) is 41.5 Å². The fourth-order valence-corrected chi connectivity index (χ4v) is 10.0. The molecule has 2 atom stereocenters. The van der Waals surface area contributed by atoms with E-state index in [0.29, 0.717) is 23.3 Å². The fraction of sp³-hybridized carbons (Fsp3) is 0.389. The van der Waals surface area contributed by atoms with E-state index in [1.807, 2.05) is 17.5 Å². The first-order chi connectivity index (χ1) is 12.1. The summed E-state index contributed by atoms with van der Waals surface area (Å²) >= 11 is -0.203. The second-order valence-electron chi connectivity index (χ2n) is 6.42. The predicted molar refractivity (Wildman–Crippen MR) is 108 cm³/mol. The first kappa shape index (κ1) is 17.2. The fourth-order valence-electron chi connectivity index (χ4n) is 3.47. The Morgan fingerprint density at radius 1 is 1.32 bits per heavy atom. The quantitative estimate of drug-likeness (QED) is 0.503. The Morgan fingerprint density at radius 2 is 2.08 bits per heavy atom. The number of anilines is 1. The van der Waals surface area contributed by atoms with Crippen LogP contribution in [0.4, 0.5) is 14.9 Å². The summed E-state index contributed by atoms with van der Waals surface area (Å²) in [5.41, 5.74) is 1.29. The van der Waals surface area contributed by atoms with Crippen molar-refractivity contribution in [2.24, 2.45) is 0 Å². The van der Waals surface area contributed by atoms with Crippen LogP contribution in [0, 0.1) is 5.82 Å². The van der Waals surface area contributed by atoms with Gasteiger partial charge in [0.25, 0.3) is 0 Å². The van der Waals surface area contributed by atoms with E-state index in [2.05, 4.69) is 17.3 Å². The summed E-state index contributed by atoms with van der Waals surface area (Å²) < 4.78 is 21.6. The van der Waals surface area contributed by atoms with Gasteiger partial charge in [0.15, 0.2) is 0 Å². The predicted octanol–water partition coefficient (Wildman–Crippen LogP) is 5.00. The van der Waals surface area contributed by atoms with E-state index in [1.165, 1.54) is 36.3 Å². The molecular weight excluding hydrogens is 454 g/mol. The molecule has 134 valence electrons. The number of amides is 1. The third-order valence-electron chi connectivity index (χ3n) is 4.87. The van der Waals surface area contributed by atoms with E-state index in [9.17, 15) is 9.18 Å². The topological polar surface area (TPSA) is 41.6 Å². The Morgan fingerprint density at radius 3 is 2.76 bits per heavy atom. The van der Waals surface area contributed by atoms with E-state index in [-0.39, 0.29) is 5.82 Å². The van der Waals surface area contributed by atoms with Crippen molar-refractivity contribution in [2.75, 3.05) is 21.2 Å². The number of carbonyl (C=O) groups is 1. The zero-order valence-corrected chi connectivity index (χ0v) is 16.8. The molecule has 25 heavy (non-hydrogen) atoms. The van der Waals surface area contributed by atoms with Crippen molar-refractivity contribution in [3.8, 4) is 10.4 Å². The Kier molecular flexibility index (Phi) is 4.97. The van der Waals surface area contributed by atoms with E-state index in [1.54, 1.807) is 6.07 Å².